The lowest BCUT2D eigenvalue weighted by Gasteiger charge is -1.98. The van der Waals surface area contributed by atoms with Crippen molar-refractivity contribution in [2.75, 3.05) is 13.0 Å². The molecule has 14 heavy (non-hydrogen) atoms. The molecule has 0 aliphatic rings. The number of nitrogens with zero attached hydrogens (tertiary/aromatic N) is 1. The second kappa shape index (κ2) is 5.46. The van der Waals surface area contributed by atoms with Gasteiger partial charge in [-0.15, -0.1) is 11.6 Å². The number of halogens is 2. The van der Waals surface area contributed by atoms with E-state index in [1.165, 1.54) is 13.2 Å². The first kappa shape index (κ1) is 10.8. The molecule has 0 saturated carbocycles. The second-order valence-electron chi connectivity index (χ2n) is 2.45. The van der Waals surface area contributed by atoms with Crippen molar-refractivity contribution in [1.82, 2.24) is 4.98 Å². The molecule has 1 heterocycles. The van der Waals surface area contributed by atoms with Crippen molar-refractivity contribution in [1.29, 1.82) is 0 Å². The number of aromatic nitrogens is 1. The summed E-state index contributed by atoms with van der Waals surface area (Å²) in [6.45, 7) is 0. The van der Waals surface area contributed by atoms with Gasteiger partial charge in [0.25, 0.3) is 0 Å². The Bertz CT molecular complexity index is 370. The molecule has 2 nitrogen and oxygen atoms in total. The van der Waals surface area contributed by atoms with E-state index in [0.29, 0.717) is 18.2 Å². The molecule has 0 fully saturated rings. The van der Waals surface area contributed by atoms with Crippen molar-refractivity contribution in [3.05, 3.63) is 23.6 Å². The number of methoxy groups -OCH3 is 1. The molecule has 1 rings (SSSR count). The maximum Gasteiger partial charge on any atom is 0.214 e. The van der Waals surface area contributed by atoms with E-state index in [2.05, 4.69) is 16.8 Å². The third kappa shape index (κ3) is 2.90. The third-order valence-corrected chi connectivity index (χ3v) is 1.67. The standard InChI is InChI=1S/C10H9ClFNO/c1-14-10-6-8(4-2-3-5-11)9(12)7-13-10/h6-7H,3,5H2,1H3. The van der Waals surface area contributed by atoms with Crippen LogP contribution in [0.4, 0.5) is 4.39 Å². The summed E-state index contributed by atoms with van der Waals surface area (Å²) in [5, 5.41) is 0. The Morgan fingerprint density at radius 3 is 3.07 bits per heavy atom. The molecule has 0 aliphatic heterocycles. The van der Waals surface area contributed by atoms with Crippen LogP contribution < -0.4 is 4.74 Å². The van der Waals surface area contributed by atoms with Crippen LogP contribution >= 0.6 is 11.6 Å². The molecule has 1 aromatic rings. The molecule has 0 bridgehead atoms. The van der Waals surface area contributed by atoms with Crippen LogP contribution in [-0.2, 0) is 0 Å². The maximum atomic E-state index is 13.1. The summed E-state index contributed by atoms with van der Waals surface area (Å²) in [7, 11) is 1.47. The molecule has 0 amide bonds. The summed E-state index contributed by atoms with van der Waals surface area (Å²) in [5.41, 5.74) is 0.280. The highest BCUT2D eigenvalue weighted by Crippen LogP contribution is 2.11. The number of pyridine rings is 1. The fourth-order valence-electron chi connectivity index (χ4n) is 0.832. The molecule has 0 N–H and O–H groups in total. The average molecular weight is 214 g/mol. The van der Waals surface area contributed by atoms with Gasteiger partial charge >= 0.3 is 0 Å². The number of ether oxygens (including phenoxy) is 1. The van der Waals surface area contributed by atoms with Gasteiger partial charge in [-0.25, -0.2) is 9.37 Å². The van der Waals surface area contributed by atoms with E-state index in [1.807, 2.05) is 0 Å². The number of hydrogen-bond acceptors (Lipinski definition) is 2. The van der Waals surface area contributed by atoms with E-state index >= 15 is 0 Å². The summed E-state index contributed by atoms with van der Waals surface area (Å²) in [6.07, 6.45) is 1.62. The molecule has 74 valence electrons. The van der Waals surface area contributed by atoms with Crippen LogP contribution in [0.3, 0.4) is 0 Å². The van der Waals surface area contributed by atoms with Crippen molar-refractivity contribution in [2.45, 2.75) is 6.42 Å². The molecule has 1 aromatic heterocycles. The fraction of sp³-hybridized carbons (Fsp3) is 0.300. The Kier molecular flexibility index (Phi) is 4.21. The van der Waals surface area contributed by atoms with E-state index in [-0.39, 0.29) is 5.56 Å². The van der Waals surface area contributed by atoms with Crippen LogP contribution in [-0.4, -0.2) is 18.0 Å². The normalized spacial score (nSPS) is 9.07. The number of rotatable bonds is 2. The van der Waals surface area contributed by atoms with Crippen molar-refractivity contribution in [2.24, 2.45) is 0 Å². The molecule has 0 unspecified atom stereocenters. The predicted molar refractivity (Wildman–Crippen MR) is 53.0 cm³/mol. The lowest BCUT2D eigenvalue weighted by molar-refractivity contribution is 0.395. The van der Waals surface area contributed by atoms with Gasteiger partial charge in [0.1, 0.15) is 0 Å². The Morgan fingerprint density at radius 2 is 2.43 bits per heavy atom. The Morgan fingerprint density at radius 1 is 1.64 bits per heavy atom. The number of hydrogen-bond donors (Lipinski definition) is 0. The minimum absolute atomic E-state index is 0.280. The Balaban J connectivity index is 2.91. The summed E-state index contributed by atoms with van der Waals surface area (Å²) in [6, 6.07) is 1.45. The molecule has 0 spiro atoms. The van der Waals surface area contributed by atoms with Gasteiger partial charge in [-0.1, -0.05) is 11.8 Å². The van der Waals surface area contributed by atoms with E-state index in [1.54, 1.807) is 0 Å². The van der Waals surface area contributed by atoms with Gasteiger partial charge in [0.05, 0.1) is 18.9 Å². The highest BCUT2D eigenvalue weighted by molar-refractivity contribution is 6.18. The van der Waals surface area contributed by atoms with Gasteiger partial charge in [0, 0.05) is 18.4 Å². The summed E-state index contributed by atoms with van der Waals surface area (Å²) >= 11 is 5.43. The zero-order chi connectivity index (χ0) is 10.4. The number of alkyl halides is 1. The van der Waals surface area contributed by atoms with E-state index in [4.69, 9.17) is 16.3 Å². The molecule has 0 aliphatic carbocycles. The van der Waals surface area contributed by atoms with Crippen molar-refractivity contribution in [3.8, 4) is 17.7 Å². The highest BCUT2D eigenvalue weighted by Gasteiger charge is 2.01. The lowest BCUT2D eigenvalue weighted by Crippen LogP contribution is -1.91. The van der Waals surface area contributed by atoms with Gasteiger partial charge in [-0.3, -0.25) is 0 Å². The minimum atomic E-state index is -0.451. The topological polar surface area (TPSA) is 22.1 Å². The fourth-order valence-corrected chi connectivity index (χ4v) is 0.926. The zero-order valence-corrected chi connectivity index (χ0v) is 8.44. The van der Waals surface area contributed by atoms with E-state index in [0.717, 1.165) is 6.20 Å². The molecular formula is C10H9ClFNO. The highest BCUT2D eigenvalue weighted by atomic mass is 35.5. The maximum absolute atomic E-state index is 13.1. The first-order valence-electron chi connectivity index (χ1n) is 4.02. The molecule has 4 heteroatoms. The minimum Gasteiger partial charge on any atom is -0.481 e. The van der Waals surface area contributed by atoms with Crippen LogP contribution in [0, 0.1) is 17.7 Å². The SMILES string of the molecule is COc1cc(C#CCCCl)c(F)cn1. The van der Waals surface area contributed by atoms with Gasteiger partial charge in [0.15, 0.2) is 5.82 Å². The smallest absolute Gasteiger partial charge is 0.214 e. The molecule has 0 aromatic carbocycles. The second-order valence-corrected chi connectivity index (χ2v) is 2.83. The van der Waals surface area contributed by atoms with Gasteiger partial charge in [0.2, 0.25) is 5.88 Å². The first-order chi connectivity index (χ1) is 6.77. The van der Waals surface area contributed by atoms with Gasteiger partial charge < -0.3 is 4.74 Å². The quantitative estimate of drug-likeness (QED) is 0.555. The predicted octanol–water partition coefficient (Wildman–Crippen LogP) is 2.21. The Hall–Kier alpha value is -1.27. The molecule has 0 saturated heterocycles. The molecule has 0 radical (unpaired) electrons. The summed E-state index contributed by atoms with van der Waals surface area (Å²) < 4.78 is 17.9. The van der Waals surface area contributed by atoms with Gasteiger partial charge in [-0.05, 0) is 0 Å². The van der Waals surface area contributed by atoms with E-state index < -0.39 is 5.82 Å². The molecular weight excluding hydrogens is 205 g/mol. The van der Waals surface area contributed by atoms with Crippen LogP contribution in [0.2, 0.25) is 0 Å². The van der Waals surface area contributed by atoms with Crippen molar-refractivity contribution in [3.63, 3.8) is 0 Å². The van der Waals surface area contributed by atoms with Crippen LogP contribution in [0.1, 0.15) is 12.0 Å². The summed E-state index contributed by atoms with van der Waals surface area (Å²) in [4.78, 5) is 3.69. The van der Waals surface area contributed by atoms with E-state index in [9.17, 15) is 4.39 Å². The Labute approximate surface area is 87.1 Å². The van der Waals surface area contributed by atoms with Gasteiger partial charge in [-0.2, -0.15) is 0 Å². The molecule has 0 atom stereocenters. The van der Waals surface area contributed by atoms with Crippen LogP contribution in [0.25, 0.3) is 0 Å². The summed E-state index contributed by atoms with van der Waals surface area (Å²) in [5.74, 6) is 5.74. The lowest BCUT2D eigenvalue weighted by atomic mass is 10.2. The monoisotopic (exact) mass is 213 g/mol. The third-order valence-electron chi connectivity index (χ3n) is 1.48. The average Bonchev–Trinajstić information content (AvgIpc) is 2.21. The first-order valence-corrected chi connectivity index (χ1v) is 4.55. The van der Waals surface area contributed by atoms with Crippen molar-refractivity contribution >= 4 is 11.6 Å². The largest absolute Gasteiger partial charge is 0.481 e. The zero-order valence-electron chi connectivity index (χ0n) is 7.68. The van der Waals surface area contributed by atoms with Crippen LogP contribution in [0.15, 0.2) is 12.3 Å². The van der Waals surface area contributed by atoms with Crippen LogP contribution in [0.5, 0.6) is 5.88 Å². The van der Waals surface area contributed by atoms with Crippen molar-refractivity contribution < 1.29 is 9.13 Å².